The van der Waals surface area contributed by atoms with Gasteiger partial charge in [0.05, 0.1) is 0 Å². The molecule has 0 amide bonds. The van der Waals surface area contributed by atoms with Crippen molar-refractivity contribution >= 4 is 0 Å². The maximum Gasteiger partial charge on any atom is 0.0486 e. The number of rotatable bonds is 2. The Balaban J connectivity index is 1.90. The minimum atomic E-state index is 0.341. The summed E-state index contributed by atoms with van der Waals surface area (Å²) < 4.78 is 0. The van der Waals surface area contributed by atoms with Crippen LogP contribution in [0.3, 0.4) is 0 Å². The van der Waals surface area contributed by atoms with E-state index in [9.17, 15) is 0 Å². The average Bonchev–Trinajstić information content (AvgIpc) is 2.02. The van der Waals surface area contributed by atoms with E-state index in [0.717, 1.165) is 13.1 Å². The molecule has 2 N–H and O–H groups in total. The number of hydrogen-bond donors (Lipinski definition) is 2. The molecule has 70 valence electrons. The van der Waals surface area contributed by atoms with Gasteiger partial charge in [-0.3, -0.25) is 4.90 Å². The van der Waals surface area contributed by atoms with Gasteiger partial charge < -0.3 is 10.4 Å². The van der Waals surface area contributed by atoms with Crippen molar-refractivity contribution in [1.29, 1.82) is 0 Å². The third-order valence-electron chi connectivity index (χ3n) is 3.16. The molecule has 3 heteroatoms. The normalized spacial score (nSPS) is 37.8. The fraction of sp³-hybridized carbons (Fsp3) is 1.00. The Hall–Kier alpha value is -0.120. The Morgan fingerprint density at radius 1 is 1.42 bits per heavy atom. The first-order valence-electron chi connectivity index (χ1n) is 4.97. The molecule has 0 radical (unpaired) electrons. The van der Waals surface area contributed by atoms with E-state index in [-0.39, 0.29) is 0 Å². The molecule has 2 saturated heterocycles. The number of aliphatic hydroxyl groups is 1. The summed E-state index contributed by atoms with van der Waals surface area (Å²) in [6, 6.07) is 0.657. The van der Waals surface area contributed by atoms with Gasteiger partial charge in [-0.1, -0.05) is 0 Å². The first-order valence-corrected chi connectivity index (χ1v) is 4.97. The first kappa shape index (κ1) is 8.48. The van der Waals surface area contributed by atoms with Crippen LogP contribution < -0.4 is 5.32 Å². The molecule has 12 heavy (non-hydrogen) atoms. The number of nitrogens with zero attached hydrogens (tertiary/aromatic N) is 1. The van der Waals surface area contributed by atoms with Gasteiger partial charge in [0.1, 0.15) is 0 Å². The van der Waals surface area contributed by atoms with E-state index in [1.54, 1.807) is 0 Å². The quantitative estimate of drug-likeness (QED) is 0.595. The van der Waals surface area contributed by atoms with E-state index in [4.69, 9.17) is 5.11 Å². The number of piperidine rings is 1. The maximum absolute atomic E-state index is 9.16. The average molecular weight is 170 g/mol. The van der Waals surface area contributed by atoms with Crippen LogP contribution in [0.5, 0.6) is 0 Å². The van der Waals surface area contributed by atoms with Gasteiger partial charge in [0.25, 0.3) is 0 Å². The lowest BCUT2D eigenvalue weighted by Crippen LogP contribution is -2.55. The Kier molecular flexibility index (Phi) is 2.63. The molecule has 2 fully saturated rings. The standard InChI is InChI=1S/C9H18N2O/c12-7-8-6-10-3-2-9(8)11-4-1-5-11/h8-10,12H,1-7H2/t8?,9-/m0/s1. The topological polar surface area (TPSA) is 35.5 Å². The van der Waals surface area contributed by atoms with Crippen molar-refractivity contribution in [2.24, 2.45) is 5.92 Å². The van der Waals surface area contributed by atoms with E-state index in [1.165, 1.54) is 25.9 Å². The predicted octanol–water partition coefficient (Wildman–Crippen LogP) is -0.337. The van der Waals surface area contributed by atoms with Crippen molar-refractivity contribution in [3.05, 3.63) is 0 Å². The summed E-state index contributed by atoms with van der Waals surface area (Å²) in [5.41, 5.74) is 0. The second kappa shape index (κ2) is 3.73. The Labute approximate surface area is 73.8 Å². The summed E-state index contributed by atoms with van der Waals surface area (Å²) in [7, 11) is 0. The highest BCUT2D eigenvalue weighted by atomic mass is 16.3. The van der Waals surface area contributed by atoms with Gasteiger partial charge in [-0.25, -0.2) is 0 Å². The summed E-state index contributed by atoms with van der Waals surface area (Å²) in [5.74, 6) is 0.471. The molecule has 0 bridgehead atoms. The summed E-state index contributed by atoms with van der Waals surface area (Å²) in [5, 5.41) is 12.5. The third kappa shape index (κ3) is 1.49. The van der Waals surface area contributed by atoms with Gasteiger partial charge in [0.2, 0.25) is 0 Å². The van der Waals surface area contributed by atoms with Gasteiger partial charge in [0.15, 0.2) is 0 Å². The van der Waals surface area contributed by atoms with Crippen molar-refractivity contribution in [3.8, 4) is 0 Å². The lowest BCUT2D eigenvalue weighted by molar-refractivity contribution is 0.0342. The number of nitrogens with one attached hydrogen (secondary N) is 1. The molecule has 0 aromatic heterocycles. The van der Waals surface area contributed by atoms with Gasteiger partial charge >= 0.3 is 0 Å². The van der Waals surface area contributed by atoms with Crippen molar-refractivity contribution < 1.29 is 5.11 Å². The van der Waals surface area contributed by atoms with Gasteiger partial charge in [-0.2, -0.15) is 0 Å². The zero-order valence-electron chi connectivity index (χ0n) is 7.50. The monoisotopic (exact) mass is 170 g/mol. The molecule has 2 rings (SSSR count). The Morgan fingerprint density at radius 2 is 2.25 bits per heavy atom. The van der Waals surface area contributed by atoms with Crippen molar-refractivity contribution in [1.82, 2.24) is 10.2 Å². The highest BCUT2D eigenvalue weighted by Gasteiger charge is 2.31. The summed E-state index contributed by atoms with van der Waals surface area (Å²) in [6.07, 6.45) is 2.56. The predicted molar refractivity (Wildman–Crippen MR) is 48.0 cm³/mol. The van der Waals surface area contributed by atoms with Crippen molar-refractivity contribution in [3.63, 3.8) is 0 Å². The second-order valence-electron chi connectivity index (χ2n) is 3.89. The maximum atomic E-state index is 9.16. The zero-order chi connectivity index (χ0) is 8.39. The summed E-state index contributed by atoms with van der Waals surface area (Å²) >= 11 is 0. The molecular formula is C9H18N2O. The molecule has 0 saturated carbocycles. The molecule has 0 aromatic rings. The Morgan fingerprint density at radius 3 is 2.83 bits per heavy atom. The molecule has 1 unspecified atom stereocenters. The fourth-order valence-corrected chi connectivity index (χ4v) is 2.25. The van der Waals surface area contributed by atoms with Gasteiger partial charge in [-0.05, 0) is 32.5 Å². The van der Waals surface area contributed by atoms with Crippen LogP contribution in [-0.4, -0.2) is 48.8 Å². The lowest BCUT2D eigenvalue weighted by atomic mass is 9.90. The largest absolute Gasteiger partial charge is 0.396 e. The minimum Gasteiger partial charge on any atom is -0.396 e. The van der Waals surface area contributed by atoms with Crippen LogP contribution in [0.25, 0.3) is 0 Å². The van der Waals surface area contributed by atoms with E-state index in [1.807, 2.05) is 0 Å². The second-order valence-corrected chi connectivity index (χ2v) is 3.89. The lowest BCUT2D eigenvalue weighted by Gasteiger charge is -2.44. The third-order valence-corrected chi connectivity index (χ3v) is 3.16. The summed E-state index contributed by atoms with van der Waals surface area (Å²) in [6.45, 7) is 4.96. The molecular weight excluding hydrogens is 152 g/mol. The minimum absolute atomic E-state index is 0.341. The molecule has 2 aliphatic heterocycles. The fourth-order valence-electron chi connectivity index (χ4n) is 2.25. The van der Waals surface area contributed by atoms with E-state index < -0.39 is 0 Å². The molecule has 2 atom stereocenters. The molecule has 3 nitrogen and oxygen atoms in total. The van der Waals surface area contributed by atoms with Crippen molar-refractivity contribution in [2.75, 3.05) is 32.8 Å². The number of hydrogen-bond acceptors (Lipinski definition) is 3. The number of aliphatic hydroxyl groups excluding tert-OH is 1. The first-order chi connectivity index (χ1) is 5.92. The van der Waals surface area contributed by atoms with Crippen LogP contribution in [0.15, 0.2) is 0 Å². The highest BCUT2D eigenvalue weighted by Crippen LogP contribution is 2.22. The molecule has 0 aliphatic carbocycles. The van der Waals surface area contributed by atoms with E-state index in [0.29, 0.717) is 18.6 Å². The molecule has 2 heterocycles. The molecule has 2 aliphatic rings. The van der Waals surface area contributed by atoms with E-state index >= 15 is 0 Å². The summed E-state index contributed by atoms with van der Waals surface area (Å²) in [4.78, 5) is 2.52. The van der Waals surface area contributed by atoms with Crippen LogP contribution in [-0.2, 0) is 0 Å². The molecule has 0 spiro atoms. The molecule has 0 aromatic carbocycles. The van der Waals surface area contributed by atoms with Gasteiger partial charge in [-0.15, -0.1) is 0 Å². The van der Waals surface area contributed by atoms with Crippen LogP contribution in [0.4, 0.5) is 0 Å². The Bertz CT molecular complexity index is 147. The van der Waals surface area contributed by atoms with Crippen molar-refractivity contribution in [2.45, 2.75) is 18.9 Å². The van der Waals surface area contributed by atoms with E-state index in [2.05, 4.69) is 10.2 Å². The van der Waals surface area contributed by atoms with Crippen LogP contribution in [0.1, 0.15) is 12.8 Å². The van der Waals surface area contributed by atoms with Crippen LogP contribution in [0.2, 0.25) is 0 Å². The van der Waals surface area contributed by atoms with Gasteiger partial charge in [0, 0.05) is 25.1 Å². The van der Waals surface area contributed by atoms with Crippen LogP contribution >= 0.6 is 0 Å². The zero-order valence-corrected chi connectivity index (χ0v) is 7.50. The smallest absolute Gasteiger partial charge is 0.0486 e. The highest BCUT2D eigenvalue weighted by molar-refractivity contribution is 4.88. The number of likely N-dealkylation sites (tertiary alicyclic amines) is 1. The SMILES string of the molecule is OCC1CNCC[C@@H]1N1CCC1. The van der Waals surface area contributed by atoms with Crippen LogP contribution in [0, 0.1) is 5.92 Å².